The number of benzene rings is 1. The first-order chi connectivity index (χ1) is 8.95. The number of nitrogens with one attached hydrogen (secondary N) is 1. The van der Waals surface area contributed by atoms with Crippen molar-refractivity contribution in [3.8, 4) is 5.75 Å². The minimum atomic E-state index is -1.41. The Morgan fingerprint density at radius 3 is 2.68 bits per heavy atom. The van der Waals surface area contributed by atoms with Crippen LogP contribution in [0.15, 0.2) is 23.1 Å². The van der Waals surface area contributed by atoms with Crippen LogP contribution >= 0.6 is 0 Å². The molecule has 0 aliphatic heterocycles. The monoisotopic (exact) mass is 264 g/mol. The van der Waals surface area contributed by atoms with Gasteiger partial charge in [-0.2, -0.15) is 0 Å². The van der Waals surface area contributed by atoms with E-state index in [1.54, 1.807) is 0 Å². The van der Waals surface area contributed by atoms with E-state index in [2.05, 4.69) is 4.98 Å². The van der Waals surface area contributed by atoms with Gasteiger partial charge in [-0.3, -0.25) is 14.9 Å². The lowest BCUT2D eigenvalue weighted by Gasteiger charge is -2.05. The molecule has 8 heteroatoms. The van der Waals surface area contributed by atoms with Crippen LogP contribution in [0.2, 0.25) is 0 Å². The molecule has 0 spiro atoms. The van der Waals surface area contributed by atoms with Crippen molar-refractivity contribution in [1.29, 1.82) is 0 Å². The van der Waals surface area contributed by atoms with Gasteiger partial charge in [-0.25, -0.2) is 4.79 Å². The molecule has 8 nitrogen and oxygen atoms in total. The van der Waals surface area contributed by atoms with E-state index in [-0.39, 0.29) is 22.3 Å². The molecule has 0 saturated carbocycles. The van der Waals surface area contributed by atoms with Crippen molar-refractivity contribution in [3.05, 3.63) is 44.2 Å². The standard InChI is InChI=1S/C11H8N2O6/c1-19-8-3-5(13(17)18)2-6-9(8)12-4-7(10(6)14)11(15)16/h2-4H,1H3,(H,12,14)(H,15,16). The molecule has 0 aliphatic rings. The largest absolute Gasteiger partial charge is 0.494 e. The molecule has 2 rings (SSSR count). The summed E-state index contributed by atoms with van der Waals surface area (Å²) in [6.45, 7) is 0. The van der Waals surface area contributed by atoms with E-state index in [0.29, 0.717) is 0 Å². The molecule has 1 aromatic heterocycles. The summed E-state index contributed by atoms with van der Waals surface area (Å²) in [5.41, 5.74) is -1.43. The van der Waals surface area contributed by atoms with Crippen LogP contribution in [-0.4, -0.2) is 28.1 Å². The zero-order chi connectivity index (χ0) is 14.2. The Morgan fingerprint density at radius 2 is 2.16 bits per heavy atom. The molecule has 0 radical (unpaired) electrons. The summed E-state index contributed by atoms with van der Waals surface area (Å²) in [4.78, 5) is 35.5. The van der Waals surface area contributed by atoms with E-state index in [4.69, 9.17) is 9.84 Å². The second-order valence-electron chi connectivity index (χ2n) is 3.66. The van der Waals surface area contributed by atoms with Gasteiger partial charge in [-0.1, -0.05) is 0 Å². The van der Waals surface area contributed by atoms with Gasteiger partial charge < -0.3 is 14.8 Å². The van der Waals surface area contributed by atoms with Crippen molar-refractivity contribution >= 4 is 22.6 Å². The number of nitrogens with zero attached hydrogens (tertiary/aromatic N) is 1. The van der Waals surface area contributed by atoms with E-state index < -0.39 is 21.9 Å². The average molecular weight is 264 g/mol. The summed E-state index contributed by atoms with van der Waals surface area (Å²) in [5.74, 6) is -1.31. The lowest BCUT2D eigenvalue weighted by Crippen LogP contribution is -2.15. The summed E-state index contributed by atoms with van der Waals surface area (Å²) in [7, 11) is 1.29. The Balaban J connectivity index is 2.92. The van der Waals surface area contributed by atoms with Crippen molar-refractivity contribution in [2.24, 2.45) is 0 Å². The van der Waals surface area contributed by atoms with Gasteiger partial charge in [0.05, 0.1) is 29.0 Å². The van der Waals surface area contributed by atoms with Crippen molar-refractivity contribution in [1.82, 2.24) is 4.98 Å². The van der Waals surface area contributed by atoms with E-state index in [1.165, 1.54) is 7.11 Å². The van der Waals surface area contributed by atoms with Crippen LogP contribution in [0.5, 0.6) is 5.75 Å². The average Bonchev–Trinajstić information content (AvgIpc) is 2.37. The molecule has 0 bridgehead atoms. The number of H-pyrrole nitrogens is 1. The second kappa shape index (κ2) is 4.41. The summed E-state index contributed by atoms with van der Waals surface area (Å²) in [6.07, 6.45) is 1.03. The third kappa shape index (κ3) is 1.99. The van der Waals surface area contributed by atoms with E-state index in [1.807, 2.05) is 0 Å². The Morgan fingerprint density at radius 1 is 1.47 bits per heavy atom. The summed E-state index contributed by atoms with van der Waals surface area (Å²) in [5, 5.41) is 19.5. The molecule has 98 valence electrons. The number of hydrogen-bond donors (Lipinski definition) is 2. The molecule has 1 aromatic carbocycles. The Labute approximate surface area is 105 Å². The number of aromatic amines is 1. The quantitative estimate of drug-likeness (QED) is 0.633. The fourth-order valence-electron chi connectivity index (χ4n) is 1.71. The number of carbonyl (C=O) groups is 1. The predicted octanol–water partition coefficient (Wildman–Crippen LogP) is 1.14. The number of nitro groups is 1. The molecule has 0 saturated heterocycles. The second-order valence-corrected chi connectivity index (χ2v) is 3.66. The molecule has 0 fully saturated rings. The number of aromatic carboxylic acids is 1. The van der Waals surface area contributed by atoms with Crippen molar-refractivity contribution < 1.29 is 19.6 Å². The van der Waals surface area contributed by atoms with Crippen LogP contribution in [0.1, 0.15) is 10.4 Å². The first kappa shape index (κ1) is 12.6. The number of nitro benzene ring substituents is 1. The number of non-ortho nitro benzene ring substituents is 1. The third-order valence-electron chi connectivity index (χ3n) is 2.60. The van der Waals surface area contributed by atoms with E-state index in [0.717, 1.165) is 18.3 Å². The number of carboxylic acids is 1. The van der Waals surface area contributed by atoms with Crippen molar-refractivity contribution in [2.75, 3.05) is 7.11 Å². The minimum absolute atomic E-state index is 0.0956. The van der Waals surface area contributed by atoms with Crippen molar-refractivity contribution in [2.45, 2.75) is 0 Å². The molecule has 0 amide bonds. The first-order valence-corrected chi connectivity index (χ1v) is 5.07. The highest BCUT2D eigenvalue weighted by atomic mass is 16.6. The summed E-state index contributed by atoms with van der Waals surface area (Å²) >= 11 is 0. The topological polar surface area (TPSA) is 123 Å². The van der Waals surface area contributed by atoms with Gasteiger partial charge in [-0.15, -0.1) is 0 Å². The molecule has 2 aromatic rings. The minimum Gasteiger partial charge on any atom is -0.494 e. The highest BCUT2D eigenvalue weighted by Gasteiger charge is 2.18. The van der Waals surface area contributed by atoms with Crippen LogP contribution in [-0.2, 0) is 0 Å². The van der Waals surface area contributed by atoms with Crippen LogP contribution in [0.3, 0.4) is 0 Å². The lowest BCUT2D eigenvalue weighted by molar-refractivity contribution is -0.384. The molecule has 0 unspecified atom stereocenters. The summed E-state index contributed by atoms with van der Waals surface area (Å²) < 4.78 is 4.95. The molecular weight excluding hydrogens is 256 g/mol. The number of ether oxygens (including phenoxy) is 1. The first-order valence-electron chi connectivity index (χ1n) is 5.07. The molecular formula is C11H8N2O6. The number of rotatable bonds is 3. The number of fused-ring (bicyclic) bond motifs is 1. The molecule has 2 N–H and O–H groups in total. The van der Waals surface area contributed by atoms with Crippen LogP contribution in [0.4, 0.5) is 5.69 Å². The van der Waals surface area contributed by atoms with Crippen molar-refractivity contribution in [3.63, 3.8) is 0 Å². The number of aromatic nitrogens is 1. The van der Waals surface area contributed by atoms with Gasteiger partial charge in [0.15, 0.2) is 0 Å². The molecule has 0 aliphatic carbocycles. The molecule has 19 heavy (non-hydrogen) atoms. The Bertz CT molecular complexity index is 749. The third-order valence-corrected chi connectivity index (χ3v) is 2.60. The number of pyridine rings is 1. The highest BCUT2D eigenvalue weighted by Crippen LogP contribution is 2.27. The van der Waals surface area contributed by atoms with Crippen LogP contribution in [0, 0.1) is 10.1 Å². The van der Waals surface area contributed by atoms with Gasteiger partial charge in [0.1, 0.15) is 11.3 Å². The fraction of sp³-hybridized carbons (Fsp3) is 0.0909. The van der Waals surface area contributed by atoms with E-state index >= 15 is 0 Å². The van der Waals surface area contributed by atoms with Gasteiger partial charge >= 0.3 is 5.97 Å². The predicted molar refractivity (Wildman–Crippen MR) is 64.7 cm³/mol. The van der Waals surface area contributed by atoms with Gasteiger partial charge in [0.25, 0.3) is 5.69 Å². The zero-order valence-electron chi connectivity index (χ0n) is 9.67. The lowest BCUT2D eigenvalue weighted by atomic mass is 10.1. The summed E-state index contributed by atoms with van der Waals surface area (Å²) in [6, 6.07) is 2.17. The van der Waals surface area contributed by atoms with Crippen LogP contribution < -0.4 is 10.2 Å². The Kier molecular flexibility index (Phi) is 2.91. The van der Waals surface area contributed by atoms with Gasteiger partial charge in [0, 0.05) is 12.3 Å². The maximum atomic E-state index is 11.9. The maximum Gasteiger partial charge on any atom is 0.341 e. The fourth-order valence-corrected chi connectivity index (χ4v) is 1.71. The number of carboxylic acid groups (broad SMARTS) is 1. The number of methoxy groups -OCH3 is 1. The molecule has 0 atom stereocenters. The Hall–Kier alpha value is -2.90. The SMILES string of the molecule is COc1cc([N+](=O)[O-])cc2c(=O)c(C(=O)O)c[nH]c12. The highest BCUT2D eigenvalue weighted by molar-refractivity contribution is 5.94. The molecule has 1 heterocycles. The normalized spacial score (nSPS) is 10.4. The van der Waals surface area contributed by atoms with Gasteiger partial charge in [-0.05, 0) is 0 Å². The maximum absolute atomic E-state index is 11.9. The van der Waals surface area contributed by atoms with Crippen LogP contribution in [0.25, 0.3) is 10.9 Å². The van der Waals surface area contributed by atoms with E-state index in [9.17, 15) is 19.7 Å². The van der Waals surface area contributed by atoms with Gasteiger partial charge in [0.2, 0.25) is 5.43 Å². The number of hydrogen-bond acceptors (Lipinski definition) is 5. The zero-order valence-corrected chi connectivity index (χ0v) is 9.67. The smallest absolute Gasteiger partial charge is 0.341 e.